The zero-order valence-corrected chi connectivity index (χ0v) is 13.9. The summed E-state index contributed by atoms with van der Waals surface area (Å²) < 4.78 is 36.8. The first-order chi connectivity index (χ1) is 10.2. The average molecular weight is 323 g/mol. The Morgan fingerprint density at radius 3 is 2.18 bits per heavy atom. The largest absolute Gasteiger partial charge is 0.397 e. The van der Waals surface area contributed by atoms with Crippen molar-refractivity contribution in [1.82, 2.24) is 4.90 Å². The van der Waals surface area contributed by atoms with Gasteiger partial charge in [0.1, 0.15) is 6.42 Å². The number of aliphatic hydroxyl groups excluding tert-OH is 1. The second-order valence-electron chi connectivity index (χ2n) is 5.00. The molecule has 6 heteroatoms. The number of likely N-dealkylation sites (tertiary alicyclic amines) is 1. The van der Waals surface area contributed by atoms with Gasteiger partial charge in [-0.15, -0.1) is 12.8 Å². The lowest BCUT2D eigenvalue weighted by atomic mass is 9.88. The lowest BCUT2D eigenvalue weighted by Gasteiger charge is -2.41. The molecule has 1 fully saturated rings. The summed E-state index contributed by atoms with van der Waals surface area (Å²) in [5.74, 6) is -0.691. The summed E-state index contributed by atoms with van der Waals surface area (Å²) in [6, 6.07) is -0.484. The van der Waals surface area contributed by atoms with Gasteiger partial charge in [-0.05, 0) is 25.7 Å². The third-order valence-corrected chi connectivity index (χ3v) is 3.53. The van der Waals surface area contributed by atoms with E-state index < -0.39 is 30.7 Å². The van der Waals surface area contributed by atoms with Crippen molar-refractivity contribution >= 4 is 5.91 Å². The molecule has 1 saturated heterocycles. The second-order valence-corrected chi connectivity index (χ2v) is 5.00. The zero-order chi connectivity index (χ0) is 17.9. The molecule has 3 nitrogen and oxygen atoms in total. The van der Waals surface area contributed by atoms with Crippen molar-refractivity contribution in [3.05, 3.63) is 0 Å². The third kappa shape index (κ3) is 8.28. The Morgan fingerprint density at radius 2 is 1.82 bits per heavy atom. The minimum Gasteiger partial charge on any atom is -0.391 e. The zero-order valence-electron chi connectivity index (χ0n) is 13.9. The molecule has 130 valence electrons. The van der Waals surface area contributed by atoms with Gasteiger partial charge < -0.3 is 10.0 Å². The molecule has 0 aromatic heterocycles. The first-order valence-electron chi connectivity index (χ1n) is 7.62. The Hall–Kier alpha value is -1.22. The molecule has 0 bridgehead atoms. The Balaban J connectivity index is 0. The Morgan fingerprint density at radius 1 is 1.32 bits per heavy atom. The molecule has 0 saturated carbocycles. The highest BCUT2D eigenvalue weighted by molar-refractivity contribution is 5.77. The molecule has 0 radical (unpaired) electrons. The number of piperidine rings is 1. The number of terminal acetylenes is 1. The first-order valence-corrected chi connectivity index (χ1v) is 7.62. The van der Waals surface area contributed by atoms with E-state index in [1.807, 2.05) is 20.8 Å². The summed E-state index contributed by atoms with van der Waals surface area (Å²) in [5.41, 5.74) is 0. The molecule has 0 aromatic rings. The van der Waals surface area contributed by atoms with E-state index in [1.54, 1.807) is 0 Å². The van der Waals surface area contributed by atoms with Crippen LogP contribution in [0, 0.1) is 18.8 Å². The lowest BCUT2D eigenvalue weighted by molar-refractivity contribution is -0.167. The van der Waals surface area contributed by atoms with Gasteiger partial charge in [-0.1, -0.05) is 27.2 Å². The standard InChI is InChI=1S/C12H20F3NO2.C2H6.C2H2/c1-3-9-4-5-10(8(2)17)16(7-9)11(18)6-12(13,14)15;2*1-2/h8-10,17H,3-7H2,1-2H3;1-2H3;1-2H/t8-,9?,10?;;/m0../s1. The van der Waals surface area contributed by atoms with E-state index in [2.05, 4.69) is 12.8 Å². The van der Waals surface area contributed by atoms with Crippen LogP contribution in [0.1, 0.15) is 53.4 Å². The molecular formula is C16H28F3NO2. The van der Waals surface area contributed by atoms with Crippen LogP contribution in [0.2, 0.25) is 0 Å². The highest BCUT2D eigenvalue weighted by Gasteiger charge is 2.39. The van der Waals surface area contributed by atoms with E-state index in [0.717, 1.165) is 12.8 Å². The molecule has 1 aliphatic heterocycles. The van der Waals surface area contributed by atoms with Crippen LogP contribution in [0.4, 0.5) is 13.2 Å². The van der Waals surface area contributed by atoms with E-state index in [4.69, 9.17) is 0 Å². The predicted octanol–water partition coefficient (Wildman–Crippen LogP) is 3.61. The number of aliphatic hydroxyl groups is 1. The number of halogens is 3. The monoisotopic (exact) mass is 323 g/mol. The number of nitrogens with zero attached hydrogens (tertiary/aromatic N) is 1. The first kappa shape index (κ1) is 23.1. The lowest BCUT2D eigenvalue weighted by Crippen LogP contribution is -2.52. The highest BCUT2D eigenvalue weighted by atomic mass is 19.4. The molecule has 3 atom stereocenters. The SMILES string of the molecule is C#C.CC.CCC1CCC([C@H](C)O)N(C(=O)CC(F)(F)F)C1. The summed E-state index contributed by atoms with van der Waals surface area (Å²) in [5, 5.41) is 9.58. The number of alkyl halides is 3. The Kier molecular flexibility index (Phi) is 11.9. The second kappa shape index (κ2) is 11.4. The maximum Gasteiger partial charge on any atom is 0.397 e. The van der Waals surface area contributed by atoms with E-state index in [1.165, 1.54) is 11.8 Å². The topological polar surface area (TPSA) is 40.5 Å². The number of hydrogen-bond donors (Lipinski definition) is 1. The van der Waals surface area contributed by atoms with Crippen molar-refractivity contribution in [3.63, 3.8) is 0 Å². The van der Waals surface area contributed by atoms with Gasteiger partial charge in [0.05, 0.1) is 12.1 Å². The molecule has 2 unspecified atom stereocenters. The van der Waals surface area contributed by atoms with Crippen LogP contribution in [0.15, 0.2) is 0 Å². The highest BCUT2D eigenvalue weighted by Crippen LogP contribution is 2.29. The van der Waals surface area contributed by atoms with E-state index >= 15 is 0 Å². The summed E-state index contributed by atoms with van der Waals surface area (Å²) >= 11 is 0. The summed E-state index contributed by atoms with van der Waals surface area (Å²) in [6.45, 7) is 7.80. The van der Waals surface area contributed by atoms with E-state index in [9.17, 15) is 23.1 Å². The maximum atomic E-state index is 12.3. The Labute approximate surface area is 131 Å². The van der Waals surface area contributed by atoms with Crippen LogP contribution < -0.4 is 0 Å². The number of amides is 1. The van der Waals surface area contributed by atoms with Crippen molar-refractivity contribution in [2.24, 2.45) is 5.92 Å². The van der Waals surface area contributed by atoms with Crippen molar-refractivity contribution in [2.75, 3.05) is 6.54 Å². The fourth-order valence-electron chi connectivity index (χ4n) is 2.46. The van der Waals surface area contributed by atoms with Gasteiger partial charge in [-0.25, -0.2) is 0 Å². The van der Waals surface area contributed by atoms with E-state index in [0.29, 0.717) is 13.0 Å². The van der Waals surface area contributed by atoms with E-state index in [-0.39, 0.29) is 5.92 Å². The van der Waals surface area contributed by atoms with Gasteiger partial charge in [0.2, 0.25) is 5.91 Å². The predicted molar refractivity (Wildman–Crippen MR) is 82.1 cm³/mol. The van der Waals surface area contributed by atoms with Crippen molar-refractivity contribution < 1.29 is 23.1 Å². The molecule has 1 heterocycles. The van der Waals surface area contributed by atoms with Crippen LogP contribution in [0.5, 0.6) is 0 Å². The van der Waals surface area contributed by atoms with Gasteiger partial charge in [0.25, 0.3) is 0 Å². The van der Waals surface area contributed by atoms with Crippen LogP contribution in [0.3, 0.4) is 0 Å². The van der Waals surface area contributed by atoms with Crippen molar-refractivity contribution in [2.45, 2.75) is 71.7 Å². The summed E-state index contributed by atoms with van der Waals surface area (Å²) in [6.07, 6.45) is 3.54. The van der Waals surface area contributed by atoms with Crippen molar-refractivity contribution in [1.29, 1.82) is 0 Å². The maximum absolute atomic E-state index is 12.3. The number of carbonyl (C=O) groups excluding carboxylic acids is 1. The molecule has 1 N–H and O–H groups in total. The summed E-state index contributed by atoms with van der Waals surface area (Å²) in [4.78, 5) is 12.9. The van der Waals surface area contributed by atoms with Gasteiger partial charge in [-0.2, -0.15) is 13.2 Å². The Bertz CT molecular complexity index is 327. The summed E-state index contributed by atoms with van der Waals surface area (Å²) in [7, 11) is 0. The van der Waals surface area contributed by atoms with Gasteiger partial charge in [0.15, 0.2) is 0 Å². The van der Waals surface area contributed by atoms with Crippen molar-refractivity contribution in [3.8, 4) is 12.8 Å². The van der Waals surface area contributed by atoms with Gasteiger partial charge >= 0.3 is 6.18 Å². The molecule has 22 heavy (non-hydrogen) atoms. The van der Waals surface area contributed by atoms with Crippen LogP contribution in [0.25, 0.3) is 0 Å². The minimum atomic E-state index is -4.49. The van der Waals surface area contributed by atoms with Crippen LogP contribution in [-0.4, -0.2) is 40.8 Å². The number of hydrogen-bond acceptors (Lipinski definition) is 2. The smallest absolute Gasteiger partial charge is 0.391 e. The van der Waals surface area contributed by atoms with Crippen LogP contribution in [-0.2, 0) is 4.79 Å². The molecule has 0 aromatic carbocycles. The number of rotatable bonds is 3. The van der Waals surface area contributed by atoms with Gasteiger partial charge in [0, 0.05) is 6.54 Å². The normalized spacial score (nSPS) is 22.5. The average Bonchev–Trinajstić information content (AvgIpc) is 2.48. The molecule has 0 spiro atoms. The van der Waals surface area contributed by atoms with Gasteiger partial charge in [-0.3, -0.25) is 4.79 Å². The molecule has 1 amide bonds. The number of carbonyl (C=O) groups is 1. The molecular weight excluding hydrogens is 295 g/mol. The third-order valence-electron chi connectivity index (χ3n) is 3.53. The molecule has 0 aliphatic carbocycles. The van der Waals surface area contributed by atoms with Crippen LogP contribution >= 0.6 is 0 Å². The quantitative estimate of drug-likeness (QED) is 0.806. The minimum absolute atomic E-state index is 0.234. The molecule has 1 aliphatic rings. The molecule has 1 rings (SSSR count). The fourth-order valence-corrected chi connectivity index (χ4v) is 2.46. The fraction of sp³-hybridized carbons (Fsp3) is 0.812.